The van der Waals surface area contributed by atoms with Crippen LogP contribution in [0.2, 0.25) is 0 Å². The Hall–Kier alpha value is -2.55. The second kappa shape index (κ2) is 41.1. The van der Waals surface area contributed by atoms with Crippen LogP contribution in [0.4, 0.5) is 0 Å². The minimum atomic E-state index is -4.39. The minimum Gasteiger partial charge on any atom is -0.462 e. The van der Waals surface area contributed by atoms with Crippen molar-refractivity contribution in [1.29, 1.82) is 0 Å². The van der Waals surface area contributed by atoms with Gasteiger partial charge in [-0.1, -0.05) is 164 Å². The van der Waals surface area contributed by atoms with Crippen LogP contribution in [0.1, 0.15) is 168 Å². The predicted molar refractivity (Wildman–Crippen MR) is 229 cm³/mol. The van der Waals surface area contributed by atoms with Gasteiger partial charge in [0.1, 0.15) is 6.61 Å². The standard InChI is InChI=1S/C45H78NO8P/c1-3-5-7-9-11-13-15-17-18-19-20-21-22-23-24-26-28-30-32-34-36-38-45(48)54-43(42-53-55(49,50)52-40-39-46)41-51-44(47)37-35-33-31-29-27-25-16-14-12-10-8-6-4-2/h5,7,11,13,17-18,20-21,23-24,28,30,43H,3-4,6,8-10,12,14-16,19,22,25-27,29,31-42,46H2,1-2H3,(H,49,50)/b7-5-,13-11-,18-17-,21-20-,24-23-,30-28-. The summed E-state index contributed by atoms with van der Waals surface area (Å²) in [6.07, 6.45) is 49.3. The molecule has 316 valence electrons. The molecule has 0 saturated heterocycles. The van der Waals surface area contributed by atoms with Crippen molar-refractivity contribution >= 4 is 19.8 Å². The molecule has 0 aliphatic carbocycles. The zero-order chi connectivity index (χ0) is 40.3. The van der Waals surface area contributed by atoms with Crippen molar-refractivity contribution in [2.75, 3.05) is 26.4 Å². The number of rotatable bonds is 39. The molecule has 2 atom stereocenters. The maximum Gasteiger partial charge on any atom is 0.472 e. The van der Waals surface area contributed by atoms with E-state index in [0.29, 0.717) is 6.42 Å². The number of carbonyl (C=O) groups is 2. The van der Waals surface area contributed by atoms with Gasteiger partial charge in [-0.05, 0) is 64.2 Å². The zero-order valence-corrected chi connectivity index (χ0v) is 35.5. The van der Waals surface area contributed by atoms with Crippen LogP contribution in [0.3, 0.4) is 0 Å². The number of ether oxygens (including phenoxy) is 2. The summed E-state index contributed by atoms with van der Waals surface area (Å²) in [7, 11) is -4.39. The number of unbranched alkanes of at least 4 members (excludes halogenated alkanes) is 14. The largest absolute Gasteiger partial charge is 0.472 e. The van der Waals surface area contributed by atoms with Gasteiger partial charge < -0.3 is 20.1 Å². The Morgan fingerprint density at radius 1 is 0.564 bits per heavy atom. The molecular weight excluding hydrogens is 713 g/mol. The highest BCUT2D eigenvalue weighted by atomic mass is 31.2. The molecule has 0 aromatic carbocycles. The van der Waals surface area contributed by atoms with E-state index in [1.165, 1.54) is 64.2 Å². The highest BCUT2D eigenvalue weighted by Crippen LogP contribution is 2.43. The molecule has 0 aliphatic heterocycles. The maximum absolute atomic E-state index is 12.6. The fourth-order valence-electron chi connectivity index (χ4n) is 5.46. The smallest absolute Gasteiger partial charge is 0.462 e. The summed E-state index contributed by atoms with van der Waals surface area (Å²) >= 11 is 0. The summed E-state index contributed by atoms with van der Waals surface area (Å²) in [6.45, 7) is 3.55. The molecule has 0 amide bonds. The molecule has 0 saturated carbocycles. The summed E-state index contributed by atoms with van der Waals surface area (Å²) in [5, 5.41) is 0. The molecule has 0 bridgehead atoms. The van der Waals surface area contributed by atoms with Crippen LogP contribution in [0.15, 0.2) is 72.9 Å². The highest BCUT2D eigenvalue weighted by Gasteiger charge is 2.25. The van der Waals surface area contributed by atoms with Crippen molar-refractivity contribution in [3.05, 3.63) is 72.9 Å². The Labute approximate surface area is 335 Å². The van der Waals surface area contributed by atoms with Crippen LogP contribution in [-0.4, -0.2) is 49.3 Å². The van der Waals surface area contributed by atoms with Gasteiger partial charge in [-0.3, -0.25) is 18.6 Å². The molecule has 2 unspecified atom stereocenters. The molecule has 0 aromatic heterocycles. The van der Waals surface area contributed by atoms with Gasteiger partial charge in [0.05, 0.1) is 13.2 Å². The average molecular weight is 792 g/mol. The van der Waals surface area contributed by atoms with Crippen molar-refractivity contribution in [2.24, 2.45) is 5.73 Å². The van der Waals surface area contributed by atoms with Gasteiger partial charge in [-0.25, -0.2) is 4.57 Å². The quantitative estimate of drug-likeness (QED) is 0.0270. The monoisotopic (exact) mass is 792 g/mol. The van der Waals surface area contributed by atoms with E-state index in [4.69, 9.17) is 24.3 Å². The van der Waals surface area contributed by atoms with E-state index in [0.717, 1.165) is 70.6 Å². The molecule has 3 N–H and O–H groups in total. The lowest BCUT2D eigenvalue weighted by atomic mass is 10.0. The van der Waals surface area contributed by atoms with Gasteiger partial charge in [0.25, 0.3) is 0 Å². The molecule has 0 radical (unpaired) electrons. The first kappa shape index (κ1) is 52.5. The van der Waals surface area contributed by atoms with Crippen molar-refractivity contribution in [3.63, 3.8) is 0 Å². The second-order valence-corrected chi connectivity index (χ2v) is 15.3. The van der Waals surface area contributed by atoms with Crippen molar-refractivity contribution in [2.45, 2.75) is 174 Å². The highest BCUT2D eigenvalue weighted by molar-refractivity contribution is 7.47. The lowest BCUT2D eigenvalue weighted by Crippen LogP contribution is -2.29. The third-order valence-corrected chi connectivity index (χ3v) is 9.59. The molecule has 0 fully saturated rings. The second-order valence-electron chi connectivity index (χ2n) is 13.8. The first-order valence-electron chi connectivity index (χ1n) is 21.4. The normalized spacial score (nSPS) is 14.0. The Balaban J connectivity index is 4.26. The van der Waals surface area contributed by atoms with Gasteiger partial charge >= 0.3 is 19.8 Å². The van der Waals surface area contributed by atoms with Crippen molar-refractivity contribution < 1.29 is 37.6 Å². The Morgan fingerprint density at radius 2 is 1.00 bits per heavy atom. The fraction of sp³-hybridized carbons (Fsp3) is 0.689. The van der Waals surface area contributed by atoms with Crippen molar-refractivity contribution in [1.82, 2.24) is 0 Å². The van der Waals surface area contributed by atoms with Gasteiger partial charge in [-0.15, -0.1) is 0 Å². The van der Waals surface area contributed by atoms with E-state index in [1.54, 1.807) is 0 Å². The van der Waals surface area contributed by atoms with Crippen LogP contribution in [0, 0.1) is 0 Å². The minimum absolute atomic E-state index is 0.0434. The van der Waals surface area contributed by atoms with Gasteiger partial charge in [0.15, 0.2) is 6.10 Å². The number of esters is 2. The molecule has 10 heteroatoms. The lowest BCUT2D eigenvalue weighted by Gasteiger charge is -2.19. The Kier molecular flexibility index (Phi) is 39.2. The first-order chi connectivity index (χ1) is 26.8. The summed E-state index contributed by atoms with van der Waals surface area (Å²) in [5.74, 6) is -0.883. The van der Waals surface area contributed by atoms with Gasteiger partial charge in [0.2, 0.25) is 0 Å². The lowest BCUT2D eigenvalue weighted by molar-refractivity contribution is -0.161. The SMILES string of the molecule is CC/C=C\C/C=C\C/C=C\C/C=C\C/C=C\C/C=C\CCCCC(=O)OC(COC(=O)CCCCCCCCCCCCCCC)COP(=O)(O)OCCN. The molecule has 0 spiro atoms. The first-order valence-corrected chi connectivity index (χ1v) is 22.9. The van der Waals surface area contributed by atoms with Crippen LogP contribution in [0.5, 0.6) is 0 Å². The number of phosphoric acid groups is 1. The maximum atomic E-state index is 12.6. The third-order valence-electron chi connectivity index (χ3n) is 8.61. The number of phosphoric ester groups is 1. The molecule has 0 rings (SSSR count). The zero-order valence-electron chi connectivity index (χ0n) is 34.6. The van der Waals surface area contributed by atoms with Crippen LogP contribution >= 0.6 is 7.82 Å². The molecule has 55 heavy (non-hydrogen) atoms. The predicted octanol–water partition coefficient (Wildman–Crippen LogP) is 12.3. The average Bonchev–Trinajstić information content (AvgIpc) is 3.17. The molecule has 9 nitrogen and oxygen atoms in total. The topological polar surface area (TPSA) is 134 Å². The van der Waals surface area contributed by atoms with E-state index in [2.05, 4.69) is 86.8 Å². The fourth-order valence-corrected chi connectivity index (χ4v) is 6.23. The summed E-state index contributed by atoms with van der Waals surface area (Å²) in [6, 6.07) is 0. The summed E-state index contributed by atoms with van der Waals surface area (Å²) in [4.78, 5) is 34.8. The van der Waals surface area contributed by atoms with E-state index >= 15 is 0 Å². The van der Waals surface area contributed by atoms with E-state index in [9.17, 15) is 19.0 Å². The molecule has 0 aromatic rings. The number of hydrogen-bond acceptors (Lipinski definition) is 8. The number of carbonyl (C=O) groups excluding carboxylic acids is 2. The number of hydrogen-bond donors (Lipinski definition) is 2. The number of nitrogens with two attached hydrogens (primary N) is 1. The molecule has 0 aliphatic rings. The van der Waals surface area contributed by atoms with E-state index in [-0.39, 0.29) is 32.6 Å². The van der Waals surface area contributed by atoms with Crippen LogP contribution in [-0.2, 0) is 32.7 Å². The van der Waals surface area contributed by atoms with Crippen LogP contribution < -0.4 is 5.73 Å². The summed E-state index contributed by atoms with van der Waals surface area (Å²) in [5.41, 5.74) is 5.34. The Morgan fingerprint density at radius 3 is 1.49 bits per heavy atom. The van der Waals surface area contributed by atoms with E-state index < -0.39 is 32.5 Å². The van der Waals surface area contributed by atoms with Gasteiger partial charge in [0, 0.05) is 19.4 Å². The van der Waals surface area contributed by atoms with Crippen molar-refractivity contribution in [3.8, 4) is 0 Å². The Bertz CT molecular complexity index is 1130. The summed E-state index contributed by atoms with van der Waals surface area (Å²) < 4.78 is 32.7. The van der Waals surface area contributed by atoms with E-state index in [1.807, 2.05) is 0 Å². The molecular formula is C45H78NO8P. The number of allylic oxidation sites excluding steroid dienone is 12. The van der Waals surface area contributed by atoms with Gasteiger partial charge in [-0.2, -0.15) is 0 Å². The molecule has 0 heterocycles. The third kappa shape index (κ3) is 40.9. The van der Waals surface area contributed by atoms with Crippen LogP contribution in [0.25, 0.3) is 0 Å².